The van der Waals surface area contributed by atoms with Gasteiger partial charge in [-0.2, -0.15) is 5.10 Å². The van der Waals surface area contributed by atoms with Crippen LogP contribution in [0.15, 0.2) is 34.7 Å². The number of aryl methyl sites for hydroxylation is 2. The van der Waals surface area contributed by atoms with Gasteiger partial charge in [-0.1, -0.05) is 32.0 Å². The third-order valence-electron chi connectivity index (χ3n) is 7.48. The second kappa shape index (κ2) is 13.1. The number of rotatable bonds is 5. The van der Waals surface area contributed by atoms with Gasteiger partial charge in [-0.3, -0.25) is 14.4 Å². The van der Waals surface area contributed by atoms with Crippen LogP contribution in [0.1, 0.15) is 69.2 Å². The molecule has 1 aromatic carbocycles. The molecule has 41 heavy (non-hydrogen) atoms. The predicted octanol–water partition coefficient (Wildman–Crippen LogP) is 3.47. The number of fused-ring (bicyclic) bond motifs is 1. The largest absolute Gasteiger partial charge is 0.441 e. The van der Waals surface area contributed by atoms with Crippen LogP contribution in [-0.4, -0.2) is 73.4 Å². The van der Waals surface area contributed by atoms with Gasteiger partial charge in [0, 0.05) is 32.1 Å². The number of hydrogen-bond donors (Lipinski definition) is 1. The van der Waals surface area contributed by atoms with Crippen LogP contribution in [0.4, 0.5) is 0 Å². The van der Waals surface area contributed by atoms with Gasteiger partial charge < -0.3 is 19.5 Å². The van der Waals surface area contributed by atoms with Crippen LogP contribution < -0.4 is 5.32 Å². The summed E-state index contributed by atoms with van der Waals surface area (Å²) in [7, 11) is 1.64. The van der Waals surface area contributed by atoms with Gasteiger partial charge in [0.15, 0.2) is 0 Å². The maximum atomic E-state index is 13.6. The number of benzene rings is 1. The molecule has 11 heteroatoms. The SMILES string of the molecule is Cc1nc2n(n1)CCN(C(=O)Cc1nc(-c3ccccc3)oc1C)CCCC(=O)N(C)[C@@H](C)C(=O)N[C@@H]2CC(C)C. The molecule has 1 N–H and O–H groups in total. The molecule has 0 spiro atoms. The van der Waals surface area contributed by atoms with E-state index in [0.717, 1.165) is 5.56 Å². The molecule has 2 atom stereocenters. The van der Waals surface area contributed by atoms with Crippen molar-refractivity contribution in [1.29, 1.82) is 0 Å². The molecule has 0 aliphatic carbocycles. The fourth-order valence-electron chi connectivity index (χ4n) is 5.00. The highest BCUT2D eigenvalue weighted by Gasteiger charge is 2.29. The monoisotopic (exact) mass is 563 g/mol. The number of nitrogens with zero attached hydrogens (tertiary/aromatic N) is 6. The molecule has 0 saturated carbocycles. The summed E-state index contributed by atoms with van der Waals surface area (Å²) < 4.78 is 7.67. The second-order valence-corrected chi connectivity index (χ2v) is 11.2. The van der Waals surface area contributed by atoms with E-state index in [-0.39, 0.29) is 42.5 Å². The summed E-state index contributed by atoms with van der Waals surface area (Å²) in [4.78, 5) is 52.2. The van der Waals surface area contributed by atoms with Crippen LogP contribution in [-0.2, 0) is 27.3 Å². The first kappa shape index (κ1) is 30.0. The van der Waals surface area contributed by atoms with Crippen LogP contribution in [0.2, 0.25) is 0 Å². The van der Waals surface area contributed by atoms with Crippen LogP contribution in [0.5, 0.6) is 0 Å². The van der Waals surface area contributed by atoms with Gasteiger partial charge in [-0.05, 0) is 51.7 Å². The lowest BCUT2D eigenvalue weighted by atomic mass is 10.0. The molecular formula is C30H41N7O4. The molecule has 3 heterocycles. The molecule has 11 nitrogen and oxygen atoms in total. The first-order valence-corrected chi connectivity index (χ1v) is 14.3. The summed E-state index contributed by atoms with van der Waals surface area (Å²) in [5, 5.41) is 7.71. The zero-order chi connectivity index (χ0) is 29.7. The molecule has 4 rings (SSSR count). The molecule has 3 aromatic rings. The van der Waals surface area contributed by atoms with E-state index in [1.807, 2.05) is 44.2 Å². The Morgan fingerprint density at radius 1 is 1.10 bits per heavy atom. The van der Waals surface area contributed by atoms with Gasteiger partial charge in [0.05, 0.1) is 24.7 Å². The van der Waals surface area contributed by atoms with Crippen molar-refractivity contribution in [2.24, 2.45) is 5.92 Å². The summed E-state index contributed by atoms with van der Waals surface area (Å²) in [5.74, 6) is 2.13. The van der Waals surface area contributed by atoms with Crippen LogP contribution in [0, 0.1) is 19.8 Å². The van der Waals surface area contributed by atoms with Gasteiger partial charge in [-0.15, -0.1) is 0 Å². The number of hydrogen-bond acceptors (Lipinski definition) is 7. The van der Waals surface area contributed by atoms with Crippen molar-refractivity contribution in [3.05, 3.63) is 53.4 Å². The predicted molar refractivity (Wildman–Crippen MR) is 154 cm³/mol. The van der Waals surface area contributed by atoms with Crippen molar-refractivity contribution in [3.8, 4) is 11.5 Å². The Labute approximate surface area is 241 Å². The molecule has 0 radical (unpaired) electrons. The molecule has 0 unspecified atom stereocenters. The van der Waals surface area contributed by atoms with E-state index in [9.17, 15) is 14.4 Å². The highest BCUT2D eigenvalue weighted by molar-refractivity contribution is 5.87. The lowest BCUT2D eigenvalue weighted by Crippen LogP contribution is -2.48. The summed E-state index contributed by atoms with van der Waals surface area (Å²) >= 11 is 0. The van der Waals surface area contributed by atoms with Gasteiger partial charge in [0.25, 0.3) is 0 Å². The van der Waals surface area contributed by atoms with Gasteiger partial charge in [0.1, 0.15) is 23.5 Å². The van der Waals surface area contributed by atoms with E-state index >= 15 is 0 Å². The van der Waals surface area contributed by atoms with Crippen molar-refractivity contribution in [3.63, 3.8) is 0 Å². The van der Waals surface area contributed by atoms with Crippen LogP contribution in [0.25, 0.3) is 11.5 Å². The fraction of sp³-hybridized carbons (Fsp3) is 0.533. The molecule has 1 aliphatic heterocycles. The minimum Gasteiger partial charge on any atom is -0.441 e. The third kappa shape index (κ3) is 7.39. The number of oxazole rings is 1. The Bertz CT molecular complexity index is 1360. The molecule has 2 aromatic heterocycles. The number of carbonyl (C=O) groups excluding carboxylic acids is 3. The molecule has 1 aliphatic rings. The highest BCUT2D eigenvalue weighted by Crippen LogP contribution is 2.23. The van der Waals surface area contributed by atoms with Gasteiger partial charge in [0.2, 0.25) is 23.6 Å². The van der Waals surface area contributed by atoms with E-state index in [4.69, 9.17) is 4.42 Å². The van der Waals surface area contributed by atoms with E-state index < -0.39 is 6.04 Å². The first-order valence-electron chi connectivity index (χ1n) is 14.3. The Balaban J connectivity index is 1.60. The summed E-state index contributed by atoms with van der Waals surface area (Å²) in [5.41, 5.74) is 1.44. The molecule has 0 fully saturated rings. The third-order valence-corrected chi connectivity index (χ3v) is 7.48. The van der Waals surface area contributed by atoms with Gasteiger partial charge in [-0.25, -0.2) is 14.6 Å². The Hall–Kier alpha value is -4.02. The molecule has 220 valence electrons. The quantitative estimate of drug-likeness (QED) is 0.504. The smallest absolute Gasteiger partial charge is 0.243 e. The molecule has 0 bridgehead atoms. The Kier molecular flexibility index (Phi) is 9.57. The number of nitrogens with one attached hydrogen (secondary N) is 1. The normalized spacial score (nSPS) is 19.2. The van der Waals surface area contributed by atoms with E-state index in [0.29, 0.717) is 61.5 Å². The Morgan fingerprint density at radius 3 is 2.54 bits per heavy atom. The minimum absolute atomic E-state index is 0.0856. The molecule has 3 amide bonds. The Morgan fingerprint density at radius 2 is 1.83 bits per heavy atom. The van der Waals surface area contributed by atoms with Crippen molar-refractivity contribution < 1.29 is 18.8 Å². The maximum Gasteiger partial charge on any atom is 0.243 e. The number of aromatic nitrogens is 4. The second-order valence-electron chi connectivity index (χ2n) is 11.2. The van der Waals surface area contributed by atoms with Gasteiger partial charge >= 0.3 is 0 Å². The molecule has 0 saturated heterocycles. The average molecular weight is 564 g/mol. The summed E-state index contributed by atoms with van der Waals surface area (Å²) in [6.07, 6.45) is 1.44. The van der Waals surface area contributed by atoms with E-state index in [1.54, 1.807) is 23.6 Å². The van der Waals surface area contributed by atoms with Crippen LogP contribution in [0.3, 0.4) is 0 Å². The van der Waals surface area contributed by atoms with Crippen molar-refractivity contribution in [2.75, 3.05) is 20.1 Å². The van der Waals surface area contributed by atoms with Crippen molar-refractivity contribution in [2.45, 2.75) is 78.9 Å². The highest BCUT2D eigenvalue weighted by atomic mass is 16.4. The topological polar surface area (TPSA) is 126 Å². The molecular weight excluding hydrogens is 522 g/mol. The minimum atomic E-state index is -0.649. The van der Waals surface area contributed by atoms with E-state index in [2.05, 4.69) is 34.2 Å². The number of likely N-dealkylation sites (N-methyl/N-ethyl adjacent to an activating group) is 1. The number of amides is 3. The lowest BCUT2D eigenvalue weighted by Gasteiger charge is -2.29. The van der Waals surface area contributed by atoms with E-state index in [1.165, 1.54) is 4.90 Å². The lowest BCUT2D eigenvalue weighted by molar-refractivity contribution is -0.139. The zero-order valence-electron chi connectivity index (χ0n) is 24.9. The van der Waals surface area contributed by atoms with Crippen molar-refractivity contribution >= 4 is 17.7 Å². The van der Waals surface area contributed by atoms with Crippen LogP contribution >= 0.6 is 0 Å². The van der Waals surface area contributed by atoms with Crippen molar-refractivity contribution in [1.82, 2.24) is 34.9 Å². The fourth-order valence-corrected chi connectivity index (χ4v) is 5.00. The average Bonchev–Trinajstić information content (AvgIpc) is 3.50. The summed E-state index contributed by atoms with van der Waals surface area (Å²) in [6, 6.07) is 8.56. The standard InChI is InChI=1S/C30H41N7O4/c1-19(2)17-25-28-31-22(5)34-37(28)16-15-36(14-10-13-26(38)35(6)20(3)29(40)32-25)27(39)18-24-21(4)41-30(33-24)23-11-8-7-9-12-23/h7-9,11-12,19-20,25H,10,13-18H2,1-6H3,(H,32,40)/t20-,25+/m0/s1. The maximum absolute atomic E-state index is 13.6. The zero-order valence-corrected chi connectivity index (χ0v) is 24.9. The first-order chi connectivity index (χ1) is 19.5. The summed E-state index contributed by atoms with van der Waals surface area (Å²) in [6.45, 7) is 10.7. The number of carbonyl (C=O) groups is 3.